The van der Waals surface area contributed by atoms with E-state index in [0.29, 0.717) is 28.5 Å². The number of ether oxygens (including phenoxy) is 2. The molecule has 2 aromatic heterocycles. The number of nitrogens with zero attached hydrogens (tertiary/aromatic N) is 3. The molecule has 4 aromatic rings. The van der Waals surface area contributed by atoms with Crippen LogP contribution >= 0.6 is 11.3 Å². The van der Waals surface area contributed by atoms with Gasteiger partial charge >= 0.3 is 0 Å². The normalized spacial score (nSPS) is 11.9. The molecule has 0 fully saturated rings. The molecule has 0 unspecified atom stereocenters. The van der Waals surface area contributed by atoms with E-state index in [1.165, 1.54) is 15.9 Å². The Kier molecular flexibility index (Phi) is 5.08. The Hall–Kier alpha value is -3.19. The number of hydrogen-bond acceptors (Lipinski definition) is 6. The van der Waals surface area contributed by atoms with Crippen LogP contribution in [-0.2, 0) is 0 Å². The van der Waals surface area contributed by atoms with Gasteiger partial charge in [-0.25, -0.2) is 0 Å². The van der Waals surface area contributed by atoms with Gasteiger partial charge in [-0.1, -0.05) is 29.5 Å². The Bertz CT molecular complexity index is 1210. The average Bonchev–Trinajstić information content (AvgIpc) is 3.24. The predicted molar refractivity (Wildman–Crippen MR) is 110 cm³/mol. The van der Waals surface area contributed by atoms with Crippen molar-refractivity contribution in [3.8, 4) is 22.9 Å². The van der Waals surface area contributed by atoms with Gasteiger partial charge in [-0.3, -0.25) is 4.79 Å². The molecular formula is C21H19N3O3S. The molecule has 2 aromatic carbocycles. The Morgan fingerprint density at radius 1 is 1.04 bits per heavy atom. The summed E-state index contributed by atoms with van der Waals surface area (Å²) in [5, 5.41) is 4.39. The van der Waals surface area contributed by atoms with E-state index in [0.717, 1.165) is 22.6 Å². The molecule has 0 aliphatic rings. The third kappa shape index (κ3) is 3.48. The van der Waals surface area contributed by atoms with Gasteiger partial charge in [0, 0.05) is 11.1 Å². The standard InChI is InChI=1S/C21H19N3O3S/c1-3-26-16-11-9-14(10-12-16)19-22-21-24(23-19)20(25)18(28-21)13-15-7-5-6-8-17(15)27-4-2/h5-13H,3-4H2,1-2H3. The molecule has 0 aliphatic heterocycles. The lowest BCUT2D eigenvalue weighted by Crippen LogP contribution is -2.23. The van der Waals surface area contributed by atoms with Crippen LogP contribution in [0.25, 0.3) is 22.4 Å². The smallest absolute Gasteiger partial charge is 0.291 e. The molecule has 0 aliphatic carbocycles. The summed E-state index contributed by atoms with van der Waals surface area (Å²) < 4.78 is 13.0. The molecule has 28 heavy (non-hydrogen) atoms. The van der Waals surface area contributed by atoms with E-state index >= 15 is 0 Å². The summed E-state index contributed by atoms with van der Waals surface area (Å²) >= 11 is 1.31. The van der Waals surface area contributed by atoms with Crippen LogP contribution in [0.5, 0.6) is 11.5 Å². The SMILES string of the molecule is CCOc1ccc(-c2nc3sc(=Cc4ccccc4OCC)c(=O)n3n2)cc1. The lowest BCUT2D eigenvalue weighted by Gasteiger charge is -2.05. The first kappa shape index (κ1) is 18.2. The van der Waals surface area contributed by atoms with Crippen molar-refractivity contribution in [1.82, 2.24) is 14.6 Å². The van der Waals surface area contributed by atoms with Crippen molar-refractivity contribution in [1.29, 1.82) is 0 Å². The summed E-state index contributed by atoms with van der Waals surface area (Å²) in [5.41, 5.74) is 1.51. The fourth-order valence-corrected chi connectivity index (χ4v) is 3.75. The highest BCUT2D eigenvalue weighted by Gasteiger charge is 2.12. The average molecular weight is 393 g/mol. The van der Waals surface area contributed by atoms with Gasteiger partial charge in [-0.2, -0.15) is 9.50 Å². The lowest BCUT2D eigenvalue weighted by molar-refractivity contribution is 0.339. The maximum absolute atomic E-state index is 12.8. The fourth-order valence-electron chi connectivity index (χ4n) is 2.85. The molecule has 0 N–H and O–H groups in total. The topological polar surface area (TPSA) is 65.7 Å². The van der Waals surface area contributed by atoms with Crippen LogP contribution in [0.2, 0.25) is 0 Å². The highest BCUT2D eigenvalue weighted by Crippen LogP contribution is 2.21. The lowest BCUT2D eigenvalue weighted by atomic mass is 10.2. The van der Waals surface area contributed by atoms with Crippen LogP contribution in [0, 0.1) is 0 Å². The molecule has 0 radical (unpaired) electrons. The van der Waals surface area contributed by atoms with Crippen molar-refractivity contribution in [2.75, 3.05) is 13.2 Å². The first-order valence-corrected chi connectivity index (χ1v) is 9.87. The Balaban J connectivity index is 1.72. The van der Waals surface area contributed by atoms with Gasteiger partial charge in [0.15, 0.2) is 5.82 Å². The van der Waals surface area contributed by atoms with Gasteiger partial charge in [0.05, 0.1) is 17.7 Å². The van der Waals surface area contributed by atoms with E-state index in [1.807, 2.05) is 68.5 Å². The zero-order chi connectivity index (χ0) is 19.5. The van der Waals surface area contributed by atoms with Crippen LogP contribution in [0.15, 0.2) is 53.3 Å². The van der Waals surface area contributed by atoms with E-state index in [-0.39, 0.29) is 5.56 Å². The fraction of sp³-hybridized carbons (Fsp3) is 0.190. The van der Waals surface area contributed by atoms with Crippen molar-refractivity contribution < 1.29 is 9.47 Å². The molecule has 6 nitrogen and oxygen atoms in total. The molecule has 2 heterocycles. The Labute approximate surface area is 165 Å². The van der Waals surface area contributed by atoms with Crippen molar-refractivity contribution >= 4 is 22.4 Å². The number of rotatable bonds is 6. The number of para-hydroxylation sites is 1. The minimum absolute atomic E-state index is 0.184. The van der Waals surface area contributed by atoms with E-state index in [9.17, 15) is 4.79 Å². The maximum atomic E-state index is 12.8. The highest BCUT2D eigenvalue weighted by atomic mass is 32.1. The summed E-state index contributed by atoms with van der Waals surface area (Å²) in [7, 11) is 0. The van der Waals surface area contributed by atoms with Gasteiger partial charge in [0.1, 0.15) is 11.5 Å². The van der Waals surface area contributed by atoms with Crippen LogP contribution in [0.1, 0.15) is 19.4 Å². The van der Waals surface area contributed by atoms with Crippen molar-refractivity contribution in [2.24, 2.45) is 0 Å². The second-order valence-corrected chi connectivity index (χ2v) is 6.98. The number of benzene rings is 2. The van der Waals surface area contributed by atoms with Crippen LogP contribution < -0.4 is 19.6 Å². The molecule has 4 rings (SSSR count). The summed E-state index contributed by atoms with van der Waals surface area (Å²) in [6, 6.07) is 15.2. The van der Waals surface area contributed by atoms with Crippen molar-refractivity contribution in [3.05, 3.63) is 69.0 Å². The van der Waals surface area contributed by atoms with Crippen LogP contribution in [0.4, 0.5) is 0 Å². The van der Waals surface area contributed by atoms with E-state index < -0.39 is 0 Å². The third-order valence-corrected chi connectivity index (χ3v) is 5.07. The van der Waals surface area contributed by atoms with E-state index in [2.05, 4.69) is 10.1 Å². The number of fused-ring (bicyclic) bond motifs is 1. The molecule has 0 saturated heterocycles. The molecule has 0 amide bonds. The molecular weight excluding hydrogens is 374 g/mol. The monoisotopic (exact) mass is 393 g/mol. The molecule has 0 atom stereocenters. The zero-order valence-corrected chi connectivity index (χ0v) is 16.4. The molecule has 0 saturated carbocycles. The minimum atomic E-state index is -0.184. The Morgan fingerprint density at radius 2 is 1.79 bits per heavy atom. The second-order valence-electron chi connectivity index (χ2n) is 5.97. The Morgan fingerprint density at radius 3 is 2.50 bits per heavy atom. The van der Waals surface area contributed by atoms with Gasteiger partial charge in [-0.05, 0) is 50.3 Å². The van der Waals surface area contributed by atoms with Crippen molar-refractivity contribution in [3.63, 3.8) is 0 Å². The first-order chi connectivity index (χ1) is 13.7. The van der Waals surface area contributed by atoms with Gasteiger partial charge in [-0.15, -0.1) is 5.10 Å². The molecule has 142 valence electrons. The van der Waals surface area contributed by atoms with Crippen LogP contribution in [0.3, 0.4) is 0 Å². The quantitative estimate of drug-likeness (QED) is 0.503. The van der Waals surface area contributed by atoms with Crippen molar-refractivity contribution in [2.45, 2.75) is 13.8 Å². The summed E-state index contributed by atoms with van der Waals surface area (Å²) in [6.07, 6.45) is 1.82. The maximum Gasteiger partial charge on any atom is 0.291 e. The number of aromatic nitrogens is 3. The van der Waals surface area contributed by atoms with E-state index in [1.54, 1.807) is 0 Å². The molecule has 7 heteroatoms. The highest BCUT2D eigenvalue weighted by molar-refractivity contribution is 7.15. The predicted octanol–water partition coefficient (Wildman–Crippen LogP) is 3.16. The minimum Gasteiger partial charge on any atom is -0.494 e. The number of thiazole rings is 1. The zero-order valence-electron chi connectivity index (χ0n) is 15.6. The molecule has 0 bridgehead atoms. The summed E-state index contributed by atoms with van der Waals surface area (Å²) in [4.78, 5) is 17.8. The van der Waals surface area contributed by atoms with E-state index in [4.69, 9.17) is 9.47 Å². The van der Waals surface area contributed by atoms with Gasteiger partial charge < -0.3 is 9.47 Å². The number of hydrogen-bond donors (Lipinski definition) is 0. The summed E-state index contributed by atoms with van der Waals surface area (Å²) in [6.45, 7) is 5.05. The van der Waals surface area contributed by atoms with Crippen LogP contribution in [-0.4, -0.2) is 27.8 Å². The molecule has 0 spiro atoms. The van der Waals surface area contributed by atoms with Gasteiger partial charge in [0.2, 0.25) is 4.96 Å². The summed E-state index contributed by atoms with van der Waals surface area (Å²) in [5.74, 6) is 2.06. The first-order valence-electron chi connectivity index (χ1n) is 9.06. The second kappa shape index (κ2) is 7.82. The largest absolute Gasteiger partial charge is 0.494 e. The van der Waals surface area contributed by atoms with Gasteiger partial charge in [0.25, 0.3) is 5.56 Å². The third-order valence-electron chi connectivity index (χ3n) is 4.11.